The molecule has 100 valence electrons. The molecule has 1 aliphatic heterocycles. The molecule has 4 heteroatoms. The highest BCUT2D eigenvalue weighted by atomic mass is 127. The summed E-state index contributed by atoms with van der Waals surface area (Å²) >= 11 is 2.06. The zero-order chi connectivity index (χ0) is 13.9. The number of anilines is 1. The van der Waals surface area contributed by atoms with Crippen molar-refractivity contribution in [2.45, 2.75) is 6.17 Å². The van der Waals surface area contributed by atoms with Crippen LogP contribution in [0.2, 0.25) is 0 Å². The average Bonchev–Trinajstić information content (AvgIpc) is 2.51. The fraction of sp³-hybridized carbons (Fsp3) is 0.0625. The van der Waals surface area contributed by atoms with Gasteiger partial charge in [-0.1, -0.05) is 48.5 Å². The second kappa shape index (κ2) is 5.66. The molecule has 1 N–H and O–H groups in total. The number of rotatable bonds is 2. The minimum absolute atomic E-state index is 0.0355. The summed E-state index contributed by atoms with van der Waals surface area (Å²) < 4.78 is 0.679. The lowest BCUT2D eigenvalue weighted by Crippen LogP contribution is -2.43. The van der Waals surface area contributed by atoms with Crippen molar-refractivity contribution in [3.8, 4) is 0 Å². The van der Waals surface area contributed by atoms with Crippen LogP contribution in [-0.2, 0) is 4.79 Å². The summed E-state index contributed by atoms with van der Waals surface area (Å²) in [6, 6.07) is 20.0. The van der Waals surface area contributed by atoms with E-state index < -0.39 is 0 Å². The number of amides is 1. The Morgan fingerprint density at radius 1 is 0.950 bits per heavy atom. The standard InChI is InChI=1S/C16H13IN2O/c17-14-11-19(13-9-5-2-6-10-13)15(18-16(14)20)12-7-3-1-4-8-12/h1-11,15H,(H,18,20)/t15-/m0/s1. The lowest BCUT2D eigenvalue weighted by molar-refractivity contribution is -0.117. The van der Waals surface area contributed by atoms with E-state index in [0.717, 1.165) is 11.3 Å². The van der Waals surface area contributed by atoms with Gasteiger partial charge in [0.1, 0.15) is 6.17 Å². The van der Waals surface area contributed by atoms with Crippen molar-refractivity contribution in [2.75, 3.05) is 4.90 Å². The molecule has 2 aromatic rings. The molecule has 1 atom stereocenters. The molecule has 2 aromatic carbocycles. The topological polar surface area (TPSA) is 32.3 Å². The van der Waals surface area contributed by atoms with Crippen molar-refractivity contribution < 1.29 is 4.79 Å². The van der Waals surface area contributed by atoms with Gasteiger partial charge in [-0.25, -0.2) is 0 Å². The predicted molar refractivity (Wildman–Crippen MR) is 88.3 cm³/mol. The van der Waals surface area contributed by atoms with Crippen LogP contribution in [0.25, 0.3) is 0 Å². The summed E-state index contributed by atoms with van der Waals surface area (Å²) in [5.41, 5.74) is 2.11. The third-order valence-electron chi connectivity index (χ3n) is 3.18. The van der Waals surface area contributed by atoms with Crippen molar-refractivity contribution in [3.05, 3.63) is 76.0 Å². The molecule has 0 saturated heterocycles. The van der Waals surface area contributed by atoms with Crippen molar-refractivity contribution in [1.29, 1.82) is 0 Å². The Bertz CT molecular complexity index is 640. The Labute approximate surface area is 131 Å². The van der Waals surface area contributed by atoms with Gasteiger partial charge in [-0.15, -0.1) is 0 Å². The van der Waals surface area contributed by atoms with Gasteiger partial charge in [0.15, 0.2) is 0 Å². The van der Waals surface area contributed by atoms with Crippen LogP contribution in [0.3, 0.4) is 0 Å². The van der Waals surface area contributed by atoms with E-state index in [0.29, 0.717) is 3.58 Å². The minimum Gasteiger partial charge on any atom is -0.327 e. The number of hydrogen-bond acceptors (Lipinski definition) is 2. The van der Waals surface area contributed by atoms with E-state index in [2.05, 4.69) is 32.8 Å². The van der Waals surface area contributed by atoms with Crippen LogP contribution in [0.5, 0.6) is 0 Å². The largest absolute Gasteiger partial charge is 0.327 e. The highest BCUT2D eigenvalue weighted by Gasteiger charge is 2.27. The highest BCUT2D eigenvalue weighted by molar-refractivity contribution is 14.1. The third kappa shape index (κ3) is 2.56. The molecule has 20 heavy (non-hydrogen) atoms. The first kappa shape index (κ1) is 13.2. The number of halogens is 1. The molecular formula is C16H13IN2O. The number of nitrogens with zero attached hydrogens (tertiary/aromatic N) is 1. The van der Waals surface area contributed by atoms with Crippen molar-refractivity contribution in [2.24, 2.45) is 0 Å². The Hall–Kier alpha value is -1.82. The maximum Gasteiger partial charge on any atom is 0.260 e. The summed E-state index contributed by atoms with van der Waals surface area (Å²) in [7, 11) is 0. The van der Waals surface area contributed by atoms with E-state index >= 15 is 0 Å². The quantitative estimate of drug-likeness (QED) is 0.813. The summed E-state index contributed by atoms with van der Waals surface area (Å²) in [5.74, 6) is -0.0355. The van der Waals surface area contributed by atoms with Gasteiger partial charge in [-0.3, -0.25) is 4.79 Å². The second-order valence-corrected chi connectivity index (χ2v) is 5.67. The molecule has 1 amide bonds. The first-order valence-electron chi connectivity index (χ1n) is 6.32. The average molecular weight is 376 g/mol. The number of para-hydroxylation sites is 1. The van der Waals surface area contributed by atoms with Crippen LogP contribution in [0.4, 0.5) is 5.69 Å². The van der Waals surface area contributed by atoms with E-state index in [1.54, 1.807) is 0 Å². The van der Waals surface area contributed by atoms with Crippen LogP contribution in [0.1, 0.15) is 11.7 Å². The summed E-state index contributed by atoms with van der Waals surface area (Å²) in [4.78, 5) is 14.0. The number of carbonyl (C=O) groups excluding carboxylic acids is 1. The number of carbonyl (C=O) groups is 1. The van der Waals surface area contributed by atoms with Gasteiger partial charge < -0.3 is 10.2 Å². The van der Waals surface area contributed by atoms with E-state index in [-0.39, 0.29) is 12.1 Å². The monoisotopic (exact) mass is 376 g/mol. The molecule has 1 aliphatic rings. The van der Waals surface area contributed by atoms with Gasteiger partial charge in [0.05, 0.1) is 3.58 Å². The SMILES string of the molecule is O=C1N[C@H](c2ccccc2)N(c2ccccc2)C=C1I. The van der Waals surface area contributed by atoms with E-state index in [1.165, 1.54) is 0 Å². The molecule has 0 saturated carbocycles. The summed E-state index contributed by atoms with van der Waals surface area (Å²) in [6.07, 6.45) is 1.72. The molecular weight excluding hydrogens is 363 g/mol. The molecule has 1 heterocycles. The number of hydrogen-bond donors (Lipinski definition) is 1. The normalized spacial score (nSPS) is 18.4. The minimum atomic E-state index is -0.176. The molecule has 0 bridgehead atoms. The van der Waals surface area contributed by atoms with Crippen LogP contribution in [-0.4, -0.2) is 5.91 Å². The molecule has 0 fully saturated rings. The van der Waals surface area contributed by atoms with Crippen molar-refractivity contribution in [1.82, 2.24) is 5.32 Å². The van der Waals surface area contributed by atoms with Gasteiger partial charge in [-0.05, 0) is 40.3 Å². The molecule has 0 aliphatic carbocycles. The van der Waals surface area contributed by atoms with E-state index in [1.807, 2.05) is 66.9 Å². The van der Waals surface area contributed by atoms with Crippen LogP contribution < -0.4 is 10.2 Å². The second-order valence-electron chi connectivity index (χ2n) is 4.51. The van der Waals surface area contributed by atoms with Crippen LogP contribution >= 0.6 is 22.6 Å². The first-order valence-corrected chi connectivity index (χ1v) is 7.40. The third-order valence-corrected chi connectivity index (χ3v) is 3.95. The lowest BCUT2D eigenvalue weighted by Gasteiger charge is -2.35. The predicted octanol–water partition coefficient (Wildman–Crippen LogP) is 3.60. The van der Waals surface area contributed by atoms with E-state index in [9.17, 15) is 4.79 Å². The van der Waals surface area contributed by atoms with Gasteiger partial charge in [0, 0.05) is 11.9 Å². The Morgan fingerprint density at radius 3 is 2.20 bits per heavy atom. The molecule has 3 nitrogen and oxygen atoms in total. The Balaban J connectivity index is 2.05. The van der Waals surface area contributed by atoms with Crippen LogP contribution in [0.15, 0.2) is 70.4 Å². The zero-order valence-corrected chi connectivity index (χ0v) is 12.8. The van der Waals surface area contributed by atoms with Crippen LogP contribution in [0, 0.1) is 0 Å². The number of benzene rings is 2. The fourth-order valence-corrected chi connectivity index (χ4v) is 2.68. The highest BCUT2D eigenvalue weighted by Crippen LogP contribution is 2.30. The van der Waals surface area contributed by atoms with Gasteiger partial charge in [0.25, 0.3) is 5.91 Å². The molecule has 0 aromatic heterocycles. The molecule has 0 spiro atoms. The van der Waals surface area contributed by atoms with E-state index in [4.69, 9.17) is 0 Å². The van der Waals surface area contributed by atoms with Gasteiger partial charge >= 0.3 is 0 Å². The fourth-order valence-electron chi connectivity index (χ4n) is 2.22. The zero-order valence-electron chi connectivity index (χ0n) is 10.7. The smallest absolute Gasteiger partial charge is 0.260 e. The molecule has 0 unspecified atom stereocenters. The summed E-state index contributed by atoms with van der Waals surface area (Å²) in [5, 5.41) is 3.04. The lowest BCUT2D eigenvalue weighted by atomic mass is 10.1. The number of nitrogens with one attached hydrogen (secondary N) is 1. The van der Waals surface area contributed by atoms with Gasteiger partial charge in [0.2, 0.25) is 0 Å². The molecule has 3 rings (SSSR count). The van der Waals surface area contributed by atoms with Crippen molar-refractivity contribution >= 4 is 34.2 Å². The van der Waals surface area contributed by atoms with Gasteiger partial charge in [-0.2, -0.15) is 0 Å². The maximum absolute atomic E-state index is 11.9. The Kier molecular flexibility index (Phi) is 3.73. The molecule has 0 radical (unpaired) electrons. The summed E-state index contributed by atoms with van der Waals surface area (Å²) in [6.45, 7) is 0. The Morgan fingerprint density at radius 2 is 1.55 bits per heavy atom. The van der Waals surface area contributed by atoms with Crippen molar-refractivity contribution in [3.63, 3.8) is 0 Å². The first-order chi connectivity index (χ1) is 9.75. The maximum atomic E-state index is 11.9.